The van der Waals surface area contributed by atoms with E-state index < -0.39 is 0 Å². The van der Waals surface area contributed by atoms with Gasteiger partial charge in [0, 0.05) is 38.3 Å². The molecule has 0 aliphatic heterocycles. The van der Waals surface area contributed by atoms with Gasteiger partial charge < -0.3 is 20.4 Å². The number of aromatic nitrogens is 2. The lowest BCUT2D eigenvalue weighted by atomic mass is 10.1. The molecule has 0 radical (unpaired) electrons. The van der Waals surface area contributed by atoms with Crippen molar-refractivity contribution in [2.24, 2.45) is 0 Å². The molecule has 3 rings (SSSR count). The third-order valence-corrected chi connectivity index (χ3v) is 4.74. The SMILES string of the molecule is COCCNCCNC(=O)c1ccc2c(c1)[nH]c(=O)n2C1CCCC1.Cl. The summed E-state index contributed by atoms with van der Waals surface area (Å²) in [5, 5.41) is 6.05. The topological polar surface area (TPSA) is 88.2 Å². The fourth-order valence-corrected chi connectivity index (χ4v) is 3.46. The summed E-state index contributed by atoms with van der Waals surface area (Å²) in [6.45, 7) is 2.64. The highest BCUT2D eigenvalue weighted by Gasteiger charge is 2.21. The first kappa shape index (κ1) is 20.5. The number of hydrogen-bond donors (Lipinski definition) is 3. The fraction of sp³-hybridized carbons (Fsp3) is 0.556. The summed E-state index contributed by atoms with van der Waals surface area (Å²) in [4.78, 5) is 27.4. The van der Waals surface area contributed by atoms with Gasteiger partial charge in [0.2, 0.25) is 0 Å². The van der Waals surface area contributed by atoms with Crippen LogP contribution < -0.4 is 16.3 Å². The maximum atomic E-state index is 12.3. The first-order valence-corrected chi connectivity index (χ1v) is 8.93. The lowest BCUT2D eigenvalue weighted by Gasteiger charge is -2.11. The molecular weight excluding hydrogens is 356 g/mol. The van der Waals surface area contributed by atoms with Crippen molar-refractivity contribution in [1.29, 1.82) is 0 Å². The normalized spacial score (nSPS) is 14.5. The van der Waals surface area contributed by atoms with E-state index in [2.05, 4.69) is 15.6 Å². The van der Waals surface area contributed by atoms with Crippen molar-refractivity contribution in [3.05, 3.63) is 34.2 Å². The molecule has 7 nitrogen and oxygen atoms in total. The van der Waals surface area contributed by atoms with Gasteiger partial charge >= 0.3 is 5.69 Å². The van der Waals surface area contributed by atoms with Crippen molar-refractivity contribution in [2.75, 3.05) is 33.4 Å². The molecule has 3 N–H and O–H groups in total. The standard InChI is InChI=1S/C18H26N4O3.ClH/c1-25-11-10-19-8-9-20-17(23)13-6-7-16-15(12-13)21-18(24)22(16)14-4-2-3-5-14;/h6-7,12,14,19H,2-5,8-11H2,1H3,(H,20,23)(H,21,24);1H. The second-order valence-electron chi connectivity index (χ2n) is 6.47. The minimum Gasteiger partial charge on any atom is -0.383 e. The molecule has 0 spiro atoms. The number of fused-ring (bicyclic) bond motifs is 1. The molecule has 0 bridgehead atoms. The molecule has 0 saturated heterocycles. The summed E-state index contributed by atoms with van der Waals surface area (Å²) >= 11 is 0. The van der Waals surface area contributed by atoms with Crippen LogP contribution in [0.25, 0.3) is 11.0 Å². The maximum absolute atomic E-state index is 12.3. The van der Waals surface area contributed by atoms with Gasteiger partial charge in [-0.2, -0.15) is 0 Å². The lowest BCUT2D eigenvalue weighted by Crippen LogP contribution is -2.33. The van der Waals surface area contributed by atoms with Crippen LogP contribution in [0.3, 0.4) is 0 Å². The van der Waals surface area contributed by atoms with Crippen LogP contribution in [0.4, 0.5) is 0 Å². The molecule has 1 aromatic carbocycles. The Bertz CT molecular complexity index is 780. The Morgan fingerprint density at radius 1 is 1.27 bits per heavy atom. The van der Waals surface area contributed by atoms with Gasteiger partial charge in [-0.05, 0) is 31.0 Å². The highest BCUT2D eigenvalue weighted by Crippen LogP contribution is 2.30. The highest BCUT2D eigenvalue weighted by atomic mass is 35.5. The number of ether oxygens (including phenoxy) is 1. The van der Waals surface area contributed by atoms with Gasteiger partial charge in [0.1, 0.15) is 0 Å². The summed E-state index contributed by atoms with van der Waals surface area (Å²) in [5.74, 6) is -0.134. The van der Waals surface area contributed by atoms with Crippen LogP contribution in [0, 0.1) is 0 Å². The van der Waals surface area contributed by atoms with E-state index in [0.717, 1.165) is 30.4 Å². The number of amides is 1. The van der Waals surface area contributed by atoms with E-state index >= 15 is 0 Å². The molecule has 8 heteroatoms. The zero-order valence-electron chi connectivity index (χ0n) is 15.0. The van der Waals surface area contributed by atoms with Crippen molar-refractivity contribution in [1.82, 2.24) is 20.2 Å². The third kappa shape index (κ3) is 4.66. The van der Waals surface area contributed by atoms with Crippen molar-refractivity contribution >= 4 is 29.3 Å². The number of nitrogens with zero attached hydrogens (tertiary/aromatic N) is 1. The Morgan fingerprint density at radius 2 is 2.04 bits per heavy atom. The van der Waals surface area contributed by atoms with Gasteiger partial charge in [0.05, 0.1) is 17.6 Å². The van der Waals surface area contributed by atoms with E-state index in [9.17, 15) is 9.59 Å². The Balaban J connectivity index is 0.00000243. The number of methoxy groups -OCH3 is 1. The number of hydrogen-bond acceptors (Lipinski definition) is 4. The second-order valence-corrected chi connectivity index (χ2v) is 6.47. The first-order chi connectivity index (χ1) is 12.2. The summed E-state index contributed by atoms with van der Waals surface area (Å²) in [7, 11) is 1.66. The molecule has 1 aliphatic carbocycles. The van der Waals surface area contributed by atoms with Gasteiger partial charge in [-0.25, -0.2) is 4.79 Å². The molecular formula is C18H27ClN4O3. The van der Waals surface area contributed by atoms with E-state index in [1.54, 1.807) is 19.2 Å². The average Bonchev–Trinajstić information content (AvgIpc) is 3.23. The zero-order chi connectivity index (χ0) is 17.6. The van der Waals surface area contributed by atoms with Gasteiger partial charge in [-0.15, -0.1) is 12.4 Å². The maximum Gasteiger partial charge on any atom is 0.326 e. The molecule has 0 atom stereocenters. The molecule has 1 fully saturated rings. The van der Waals surface area contributed by atoms with Gasteiger partial charge in [0.25, 0.3) is 5.91 Å². The third-order valence-electron chi connectivity index (χ3n) is 4.74. The molecule has 1 heterocycles. The molecule has 1 saturated carbocycles. The number of halogens is 1. The number of carbonyl (C=O) groups is 1. The van der Waals surface area contributed by atoms with Crippen molar-refractivity contribution in [2.45, 2.75) is 31.7 Å². The number of H-pyrrole nitrogens is 1. The lowest BCUT2D eigenvalue weighted by molar-refractivity contribution is 0.0954. The molecule has 26 heavy (non-hydrogen) atoms. The van der Waals surface area contributed by atoms with Crippen molar-refractivity contribution < 1.29 is 9.53 Å². The number of nitrogens with one attached hydrogen (secondary N) is 3. The van der Waals surface area contributed by atoms with E-state index in [1.165, 1.54) is 12.8 Å². The Labute approximate surface area is 158 Å². The molecule has 1 amide bonds. The number of carbonyl (C=O) groups excluding carboxylic acids is 1. The van der Waals surface area contributed by atoms with Crippen LogP contribution in [-0.2, 0) is 4.74 Å². The van der Waals surface area contributed by atoms with Gasteiger partial charge in [-0.3, -0.25) is 9.36 Å². The van der Waals surface area contributed by atoms with Crippen LogP contribution in [0.2, 0.25) is 0 Å². The quantitative estimate of drug-likeness (QED) is 0.608. The Morgan fingerprint density at radius 3 is 2.77 bits per heavy atom. The average molecular weight is 383 g/mol. The van der Waals surface area contributed by atoms with Crippen LogP contribution in [0.15, 0.2) is 23.0 Å². The number of rotatable bonds is 8. The highest BCUT2D eigenvalue weighted by molar-refractivity contribution is 5.97. The summed E-state index contributed by atoms with van der Waals surface area (Å²) < 4.78 is 6.80. The summed E-state index contributed by atoms with van der Waals surface area (Å²) in [6, 6.07) is 5.70. The molecule has 1 aromatic heterocycles. The largest absolute Gasteiger partial charge is 0.383 e. The van der Waals surface area contributed by atoms with E-state index in [4.69, 9.17) is 4.74 Å². The number of aromatic amines is 1. The Hall–Kier alpha value is -1.83. The predicted molar refractivity (Wildman–Crippen MR) is 104 cm³/mol. The molecule has 1 aliphatic rings. The smallest absolute Gasteiger partial charge is 0.326 e. The Kier molecular flexibility index (Phi) is 7.68. The van der Waals surface area contributed by atoms with E-state index in [1.807, 2.05) is 10.6 Å². The summed E-state index contributed by atoms with van der Waals surface area (Å²) in [6.07, 6.45) is 4.43. The van der Waals surface area contributed by atoms with Crippen LogP contribution in [0.1, 0.15) is 42.1 Å². The minimum absolute atomic E-state index is 0. The molecule has 0 unspecified atom stereocenters. The van der Waals surface area contributed by atoms with Crippen LogP contribution >= 0.6 is 12.4 Å². The first-order valence-electron chi connectivity index (χ1n) is 8.93. The van der Waals surface area contributed by atoms with Gasteiger partial charge in [0.15, 0.2) is 0 Å². The molecule has 2 aromatic rings. The zero-order valence-corrected chi connectivity index (χ0v) is 15.9. The second kappa shape index (κ2) is 9.75. The van der Waals surface area contributed by atoms with Crippen LogP contribution in [0.5, 0.6) is 0 Å². The van der Waals surface area contributed by atoms with E-state index in [-0.39, 0.29) is 30.0 Å². The van der Waals surface area contributed by atoms with Crippen molar-refractivity contribution in [3.8, 4) is 0 Å². The van der Waals surface area contributed by atoms with Crippen LogP contribution in [-0.4, -0.2) is 48.8 Å². The summed E-state index contributed by atoms with van der Waals surface area (Å²) in [5.41, 5.74) is 2.09. The van der Waals surface area contributed by atoms with Crippen molar-refractivity contribution in [3.63, 3.8) is 0 Å². The number of benzene rings is 1. The minimum atomic E-state index is -0.134. The molecule has 144 valence electrons. The monoisotopic (exact) mass is 382 g/mol. The van der Waals surface area contributed by atoms with E-state index in [0.29, 0.717) is 25.3 Å². The fourth-order valence-electron chi connectivity index (χ4n) is 3.46. The van der Waals surface area contributed by atoms with Gasteiger partial charge in [-0.1, -0.05) is 12.8 Å². The number of imidazole rings is 1. The predicted octanol–water partition coefficient (Wildman–Crippen LogP) is 1.83.